The summed E-state index contributed by atoms with van der Waals surface area (Å²) in [4.78, 5) is 38.2. The fourth-order valence-electron chi connectivity index (χ4n) is 8.65. The number of allylic oxidation sites excluding steroid dienone is 6. The molecule has 0 heterocycles. The Bertz CT molecular complexity index is 1130. The molecule has 0 aliphatic rings. The first kappa shape index (κ1) is 64.6. The summed E-state index contributed by atoms with van der Waals surface area (Å²) in [6.45, 7) is 6.64. The second-order valence-electron chi connectivity index (χ2n) is 19.9. The van der Waals surface area contributed by atoms with E-state index < -0.39 is 6.10 Å². The predicted molar refractivity (Wildman–Crippen MR) is 289 cm³/mol. The zero-order valence-electron chi connectivity index (χ0n) is 44.9. The van der Waals surface area contributed by atoms with E-state index in [2.05, 4.69) is 57.2 Å². The Morgan fingerprint density at radius 2 is 0.537 bits per heavy atom. The van der Waals surface area contributed by atoms with E-state index in [1.165, 1.54) is 205 Å². The summed E-state index contributed by atoms with van der Waals surface area (Å²) in [5.41, 5.74) is 0. The van der Waals surface area contributed by atoms with Gasteiger partial charge in [-0.15, -0.1) is 0 Å². The number of rotatable bonds is 54. The maximum absolute atomic E-state index is 12.8. The van der Waals surface area contributed by atoms with Gasteiger partial charge in [-0.25, -0.2) is 0 Å². The highest BCUT2D eigenvalue weighted by molar-refractivity contribution is 5.71. The second kappa shape index (κ2) is 56.2. The van der Waals surface area contributed by atoms with E-state index in [1.807, 2.05) is 0 Å². The minimum atomic E-state index is -0.775. The summed E-state index contributed by atoms with van der Waals surface area (Å²) in [6, 6.07) is 0. The number of unbranched alkanes of at least 4 members (excludes halogenated alkanes) is 37. The van der Waals surface area contributed by atoms with E-state index in [1.54, 1.807) is 0 Å². The van der Waals surface area contributed by atoms with Crippen molar-refractivity contribution in [1.82, 2.24) is 0 Å². The molecule has 0 aliphatic carbocycles. The summed E-state index contributed by atoms with van der Waals surface area (Å²) in [6.07, 6.45) is 67.0. The maximum atomic E-state index is 12.8. The van der Waals surface area contributed by atoms with Crippen LogP contribution in [0.2, 0.25) is 0 Å². The van der Waals surface area contributed by atoms with Crippen molar-refractivity contribution in [3.05, 3.63) is 36.5 Å². The summed E-state index contributed by atoms with van der Waals surface area (Å²) in [5.74, 6) is -0.867. The van der Waals surface area contributed by atoms with Crippen LogP contribution in [0.1, 0.15) is 316 Å². The van der Waals surface area contributed by atoms with Gasteiger partial charge in [-0.3, -0.25) is 14.4 Å². The van der Waals surface area contributed by atoms with Crippen LogP contribution in [-0.4, -0.2) is 37.2 Å². The maximum Gasteiger partial charge on any atom is 0.306 e. The fourth-order valence-corrected chi connectivity index (χ4v) is 8.65. The Hall–Kier alpha value is -2.37. The fraction of sp³-hybridized carbons (Fsp3) is 0.852. The van der Waals surface area contributed by atoms with Crippen LogP contribution >= 0.6 is 0 Å². The molecule has 0 aromatic heterocycles. The molecule has 0 amide bonds. The zero-order chi connectivity index (χ0) is 48.6. The highest BCUT2D eigenvalue weighted by Crippen LogP contribution is 2.16. The van der Waals surface area contributed by atoms with E-state index in [4.69, 9.17) is 14.2 Å². The topological polar surface area (TPSA) is 78.9 Å². The molecule has 0 spiro atoms. The standard InChI is InChI=1S/C61H112O6/c1-4-7-10-13-16-19-22-25-28-29-30-31-34-36-39-42-45-48-51-54-60(63)66-57-58(67-61(64)55-52-49-46-43-40-37-33-27-24-21-18-15-12-9-6-3)56-65-59(62)53-50-47-44-41-38-35-32-26-23-20-17-14-11-8-5-2/h16,19,25,27-28,33,58H,4-15,17-18,20-24,26,29-32,34-57H2,1-3H3/b19-16-,28-25-,33-27-/t58-/m1/s1. The van der Waals surface area contributed by atoms with Crippen LogP contribution in [0.4, 0.5) is 0 Å². The molecule has 392 valence electrons. The van der Waals surface area contributed by atoms with Crippen molar-refractivity contribution >= 4 is 17.9 Å². The van der Waals surface area contributed by atoms with Gasteiger partial charge in [0.1, 0.15) is 13.2 Å². The highest BCUT2D eigenvalue weighted by Gasteiger charge is 2.19. The van der Waals surface area contributed by atoms with E-state index in [0.29, 0.717) is 19.3 Å². The first-order chi connectivity index (χ1) is 33.0. The molecule has 67 heavy (non-hydrogen) atoms. The number of carbonyl (C=O) groups is 3. The van der Waals surface area contributed by atoms with Crippen LogP contribution in [0.3, 0.4) is 0 Å². The zero-order valence-corrected chi connectivity index (χ0v) is 44.9. The molecule has 0 radical (unpaired) electrons. The Balaban J connectivity index is 4.34. The van der Waals surface area contributed by atoms with Crippen LogP contribution in [0.5, 0.6) is 0 Å². The largest absolute Gasteiger partial charge is 0.462 e. The monoisotopic (exact) mass is 941 g/mol. The highest BCUT2D eigenvalue weighted by atomic mass is 16.6. The SMILES string of the molecule is CCCCC/C=C\C/C=C\CCCCCCCCCCCC(=O)OC[C@@H](COC(=O)CCCCCCCCCCCCCCCCC)OC(=O)CCCCCCC/C=C\CCCCCCCC. The Morgan fingerprint density at radius 1 is 0.299 bits per heavy atom. The molecule has 0 aromatic carbocycles. The van der Waals surface area contributed by atoms with Gasteiger partial charge in [-0.05, 0) is 77.0 Å². The van der Waals surface area contributed by atoms with Crippen molar-refractivity contribution < 1.29 is 28.6 Å². The second-order valence-corrected chi connectivity index (χ2v) is 19.9. The Labute approximate surface area is 416 Å². The Morgan fingerprint density at radius 3 is 0.866 bits per heavy atom. The lowest BCUT2D eigenvalue weighted by atomic mass is 10.0. The third-order valence-corrected chi connectivity index (χ3v) is 13.1. The molecule has 0 bridgehead atoms. The van der Waals surface area contributed by atoms with Gasteiger partial charge in [0.15, 0.2) is 6.10 Å². The smallest absolute Gasteiger partial charge is 0.306 e. The van der Waals surface area contributed by atoms with Crippen molar-refractivity contribution in [3.63, 3.8) is 0 Å². The van der Waals surface area contributed by atoms with Gasteiger partial charge in [-0.2, -0.15) is 0 Å². The van der Waals surface area contributed by atoms with E-state index in [0.717, 1.165) is 70.6 Å². The van der Waals surface area contributed by atoms with Crippen LogP contribution in [-0.2, 0) is 28.6 Å². The molecule has 0 aliphatic heterocycles. The predicted octanol–water partition coefficient (Wildman–Crippen LogP) is 19.7. The van der Waals surface area contributed by atoms with E-state index >= 15 is 0 Å². The first-order valence-electron chi connectivity index (χ1n) is 29.5. The summed E-state index contributed by atoms with van der Waals surface area (Å²) >= 11 is 0. The van der Waals surface area contributed by atoms with Gasteiger partial charge in [0.25, 0.3) is 0 Å². The molecule has 0 N–H and O–H groups in total. The van der Waals surface area contributed by atoms with Gasteiger partial charge in [-0.1, -0.05) is 256 Å². The third-order valence-electron chi connectivity index (χ3n) is 13.1. The summed E-state index contributed by atoms with van der Waals surface area (Å²) in [7, 11) is 0. The van der Waals surface area contributed by atoms with E-state index in [9.17, 15) is 14.4 Å². The van der Waals surface area contributed by atoms with Crippen molar-refractivity contribution in [3.8, 4) is 0 Å². The molecule has 0 unspecified atom stereocenters. The number of ether oxygens (including phenoxy) is 3. The van der Waals surface area contributed by atoms with Crippen molar-refractivity contribution in [2.24, 2.45) is 0 Å². The molecule has 1 atom stereocenters. The molecule has 6 heteroatoms. The third kappa shape index (κ3) is 54.4. The molecule has 0 fully saturated rings. The van der Waals surface area contributed by atoms with Gasteiger partial charge < -0.3 is 14.2 Å². The average Bonchev–Trinajstić information content (AvgIpc) is 3.33. The number of hydrogen-bond donors (Lipinski definition) is 0. The number of esters is 3. The van der Waals surface area contributed by atoms with Gasteiger partial charge >= 0.3 is 17.9 Å². The lowest BCUT2D eigenvalue weighted by Gasteiger charge is -2.18. The molecule has 0 aromatic rings. The normalized spacial score (nSPS) is 12.2. The molecule has 6 nitrogen and oxygen atoms in total. The molecular weight excluding hydrogens is 829 g/mol. The van der Waals surface area contributed by atoms with Crippen LogP contribution in [0.25, 0.3) is 0 Å². The van der Waals surface area contributed by atoms with Crippen molar-refractivity contribution in [1.29, 1.82) is 0 Å². The van der Waals surface area contributed by atoms with Crippen LogP contribution < -0.4 is 0 Å². The van der Waals surface area contributed by atoms with Gasteiger partial charge in [0.2, 0.25) is 0 Å². The van der Waals surface area contributed by atoms with Crippen molar-refractivity contribution in [2.45, 2.75) is 322 Å². The minimum Gasteiger partial charge on any atom is -0.462 e. The lowest BCUT2D eigenvalue weighted by molar-refractivity contribution is -0.167. The molecule has 0 saturated heterocycles. The average molecular weight is 942 g/mol. The molecule has 0 rings (SSSR count). The van der Waals surface area contributed by atoms with Crippen LogP contribution in [0.15, 0.2) is 36.5 Å². The van der Waals surface area contributed by atoms with Crippen LogP contribution in [0, 0.1) is 0 Å². The lowest BCUT2D eigenvalue weighted by Crippen LogP contribution is -2.30. The first-order valence-corrected chi connectivity index (χ1v) is 29.5. The van der Waals surface area contributed by atoms with Gasteiger partial charge in [0.05, 0.1) is 0 Å². The summed E-state index contributed by atoms with van der Waals surface area (Å²) < 4.78 is 16.9. The molecule has 0 saturated carbocycles. The van der Waals surface area contributed by atoms with E-state index in [-0.39, 0.29) is 31.1 Å². The minimum absolute atomic E-state index is 0.0729. The number of hydrogen-bond acceptors (Lipinski definition) is 6. The number of carbonyl (C=O) groups excluding carboxylic acids is 3. The molecular formula is C61H112O6. The summed E-state index contributed by atoms with van der Waals surface area (Å²) in [5, 5.41) is 0. The van der Waals surface area contributed by atoms with Gasteiger partial charge in [0, 0.05) is 19.3 Å². The quantitative estimate of drug-likeness (QED) is 0.0262. The van der Waals surface area contributed by atoms with Crippen molar-refractivity contribution in [2.75, 3.05) is 13.2 Å². The Kier molecular flexibility index (Phi) is 54.2.